The summed E-state index contributed by atoms with van der Waals surface area (Å²) in [6, 6.07) is 15.2. The highest BCUT2D eigenvalue weighted by atomic mass is 16.6. The molecule has 3 rings (SSSR count). The molecule has 1 atom stereocenters. The standard InChI is InChI=1S/C25H27N3O6/c1-25(2,3)34-23(30)27(4)16-21(33-24(31)28-15-14-26-17-28)18-10-12-20(13-11-18)32-22(29)19-8-6-5-7-9-19/h5-15,17,21H,16H2,1-4H3. The lowest BCUT2D eigenvalue weighted by molar-refractivity contribution is 0.0171. The van der Waals surface area contributed by atoms with Crippen molar-refractivity contribution in [1.29, 1.82) is 0 Å². The topological polar surface area (TPSA) is 100.0 Å². The van der Waals surface area contributed by atoms with Gasteiger partial charge in [0.2, 0.25) is 0 Å². The van der Waals surface area contributed by atoms with Gasteiger partial charge >= 0.3 is 18.2 Å². The molecule has 1 aromatic heterocycles. The van der Waals surface area contributed by atoms with E-state index in [1.807, 2.05) is 6.07 Å². The molecule has 0 spiro atoms. The van der Waals surface area contributed by atoms with Crippen LogP contribution < -0.4 is 4.74 Å². The number of rotatable bonds is 6. The van der Waals surface area contributed by atoms with Gasteiger partial charge in [-0.15, -0.1) is 0 Å². The largest absolute Gasteiger partial charge is 0.444 e. The van der Waals surface area contributed by atoms with Crippen molar-refractivity contribution in [3.63, 3.8) is 0 Å². The maximum atomic E-state index is 12.5. The fourth-order valence-corrected chi connectivity index (χ4v) is 2.91. The Labute approximate surface area is 197 Å². The van der Waals surface area contributed by atoms with Crippen molar-refractivity contribution < 1.29 is 28.6 Å². The van der Waals surface area contributed by atoms with E-state index < -0.39 is 29.9 Å². The molecular formula is C25H27N3O6. The molecule has 0 aliphatic rings. The summed E-state index contributed by atoms with van der Waals surface area (Å²) in [7, 11) is 1.56. The first kappa shape index (κ1) is 24.5. The smallest absolute Gasteiger partial charge is 0.419 e. The van der Waals surface area contributed by atoms with Crippen LogP contribution >= 0.6 is 0 Å². The summed E-state index contributed by atoms with van der Waals surface area (Å²) in [5, 5.41) is 0. The number of ether oxygens (including phenoxy) is 3. The fraction of sp³-hybridized carbons (Fsp3) is 0.280. The molecule has 2 aromatic carbocycles. The molecule has 0 radical (unpaired) electrons. The van der Waals surface area contributed by atoms with Gasteiger partial charge in [0.1, 0.15) is 23.8 Å². The van der Waals surface area contributed by atoms with Gasteiger partial charge in [0.15, 0.2) is 0 Å². The Balaban J connectivity index is 1.75. The van der Waals surface area contributed by atoms with E-state index in [0.717, 1.165) is 0 Å². The SMILES string of the molecule is CN(CC(OC(=O)n1ccnc1)c1ccc(OC(=O)c2ccccc2)cc1)C(=O)OC(C)(C)C. The zero-order valence-electron chi connectivity index (χ0n) is 19.5. The van der Waals surface area contributed by atoms with Crippen molar-refractivity contribution in [1.82, 2.24) is 14.5 Å². The summed E-state index contributed by atoms with van der Waals surface area (Å²) in [6.07, 6.45) is 2.22. The first-order valence-corrected chi connectivity index (χ1v) is 10.6. The number of hydrogen-bond donors (Lipinski definition) is 0. The Morgan fingerprint density at radius 3 is 2.29 bits per heavy atom. The van der Waals surface area contributed by atoms with Crippen LogP contribution in [0.2, 0.25) is 0 Å². The van der Waals surface area contributed by atoms with Gasteiger partial charge in [-0.1, -0.05) is 30.3 Å². The van der Waals surface area contributed by atoms with Crippen LogP contribution in [0.5, 0.6) is 5.75 Å². The van der Waals surface area contributed by atoms with Crippen LogP contribution in [0.15, 0.2) is 73.3 Å². The minimum atomic E-state index is -0.814. The molecule has 0 saturated heterocycles. The molecular weight excluding hydrogens is 438 g/mol. The summed E-state index contributed by atoms with van der Waals surface area (Å²) in [6.45, 7) is 5.35. The van der Waals surface area contributed by atoms with Crippen LogP contribution in [0.25, 0.3) is 0 Å². The molecule has 34 heavy (non-hydrogen) atoms. The highest BCUT2D eigenvalue weighted by Gasteiger charge is 2.25. The van der Waals surface area contributed by atoms with Gasteiger partial charge in [-0.05, 0) is 50.6 Å². The van der Waals surface area contributed by atoms with E-state index >= 15 is 0 Å². The Bertz CT molecular complexity index is 1110. The average Bonchev–Trinajstić information content (AvgIpc) is 3.34. The lowest BCUT2D eigenvalue weighted by Gasteiger charge is -2.27. The van der Waals surface area contributed by atoms with Gasteiger partial charge in [-0.2, -0.15) is 0 Å². The van der Waals surface area contributed by atoms with E-state index in [-0.39, 0.29) is 6.54 Å². The summed E-state index contributed by atoms with van der Waals surface area (Å²) in [4.78, 5) is 42.4. The minimum absolute atomic E-state index is 0.0402. The van der Waals surface area contributed by atoms with Crippen LogP contribution in [0.3, 0.4) is 0 Å². The van der Waals surface area contributed by atoms with Crippen molar-refractivity contribution in [3.05, 3.63) is 84.4 Å². The van der Waals surface area contributed by atoms with Crippen molar-refractivity contribution in [2.45, 2.75) is 32.5 Å². The number of aromatic nitrogens is 2. The van der Waals surface area contributed by atoms with Crippen LogP contribution in [-0.4, -0.2) is 51.8 Å². The van der Waals surface area contributed by atoms with E-state index in [9.17, 15) is 14.4 Å². The summed E-state index contributed by atoms with van der Waals surface area (Å²) in [5.74, 6) is -0.154. The molecule has 9 nitrogen and oxygen atoms in total. The number of carbonyl (C=O) groups excluding carboxylic acids is 3. The third-order valence-corrected chi connectivity index (χ3v) is 4.58. The van der Waals surface area contributed by atoms with E-state index in [1.165, 1.54) is 28.2 Å². The van der Waals surface area contributed by atoms with Gasteiger partial charge in [0.25, 0.3) is 0 Å². The number of nitrogens with zero attached hydrogens (tertiary/aromatic N) is 3. The third-order valence-electron chi connectivity index (χ3n) is 4.58. The zero-order valence-corrected chi connectivity index (χ0v) is 19.5. The van der Waals surface area contributed by atoms with Gasteiger partial charge in [0.05, 0.1) is 12.1 Å². The Morgan fingerprint density at radius 2 is 1.71 bits per heavy atom. The number of esters is 1. The van der Waals surface area contributed by atoms with Crippen molar-refractivity contribution in [2.75, 3.05) is 13.6 Å². The number of benzene rings is 2. The van der Waals surface area contributed by atoms with Crippen LogP contribution in [0, 0.1) is 0 Å². The highest BCUT2D eigenvalue weighted by molar-refractivity contribution is 5.90. The Morgan fingerprint density at radius 1 is 1.03 bits per heavy atom. The fourth-order valence-electron chi connectivity index (χ4n) is 2.91. The molecule has 9 heteroatoms. The van der Waals surface area contributed by atoms with Crippen molar-refractivity contribution in [3.8, 4) is 5.75 Å². The second-order valence-corrected chi connectivity index (χ2v) is 8.53. The number of amides is 1. The van der Waals surface area contributed by atoms with Crippen molar-refractivity contribution >= 4 is 18.2 Å². The zero-order chi connectivity index (χ0) is 24.7. The van der Waals surface area contributed by atoms with Crippen LogP contribution in [-0.2, 0) is 9.47 Å². The normalized spacial score (nSPS) is 11.9. The predicted octanol–water partition coefficient (Wildman–Crippen LogP) is 4.70. The van der Waals surface area contributed by atoms with E-state index in [4.69, 9.17) is 14.2 Å². The lowest BCUT2D eigenvalue weighted by atomic mass is 10.1. The van der Waals surface area contributed by atoms with E-state index in [1.54, 1.807) is 76.3 Å². The summed E-state index contributed by atoms with van der Waals surface area (Å²) in [5.41, 5.74) is 0.361. The second kappa shape index (κ2) is 10.7. The molecule has 3 aromatic rings. The number of hydrogen-bond acceptors (Lipinski definition) is 7. The molecule has 178 valence electrons. The molecule has 1 unspecified atom stereocenters. The van der Waals surface area contributed by atoms with E-state index in [2.05, 4.69) is 4.98 Å². The maximum Gasteiger partial charge on any atom is 0.419 e. The maximum absolute atomic E-state index is 12.5. The molecule has 0 N–H and O–H groups in total. The first-order chi connectivity index (χ1) is 16.1. The highest BCUT2D eigenvalue weighted by Crippen LogP contribution is 2.24. The first-order valence-electron chi connectivity index (χ1n) is 10.6. The van der Waals surface area contributed by atoms with Gasteiger partial charge in [0, 0.05) is 19.4 Å². The Hall–Kier alpha value is -4.14. The molecule has 0 aliphatic carbocycles. The van der Waals surface area contributed by atoms with E-state index in [0.29, 0.717) is 16.9 Å². The van der Waals surface area contributed by atoms with Crippen LogP contribution in [0.1, 0.15) is 42.8 Å². The van der Waals surface area contributed by atoms with Crippen molar-refractivity contribution in [2.24, 2.45) is 0 Å². The summed E-state index contributed by atoms with van der Waals surface area (Å²) < 4.78 is 17.6. The molecule has 1 heterocycles. The number of carbonyl (C=O) groups is 3. The monoisotopic (exact) mass is 465 g/mol. The molecule has 0 bridgehead atoms. The Kier molecular flexibility index (Phi) is 7.68. The van der Waals surface area contributed by atoms with Gasteiger partial charge < -0.3 is 19.1 Å². The van der Waals surface area contributed by atoms with Gasteiger partial charge in [-0.3, -0.25) is 0 Å². The predicted molar refractivity (Wildman–Crippen MR) is 124 cm³/mol. The molecule has 1 amide bonds. The van der Waals surface area contributed by atoms with Crippen LogP contribution in [0.4, 0.5) is 9.59 Å². The second-order valence-electron chi connectivity index (χ2n) is 8.53. The van der Waals surface area contributed by atoms with Gasteiger partial charge in [-0.25, -0.2) is 23.9 Å². The molecule has 0 saturated carbocycles. The summed E-state index contributed by atoms with van der Waals surface area (Å²) >= 11 is 0. The number of imidazole rings is 1. The minimum Gasteiger partial charge on any atom is -0.444 e. The molecule has 0 fully saturated rings. The quantitative estimate of drug-likeness (QED) is 0.384. The third kappa shape index (κ3) is 6.93. The molecule has 0 aliphatic heterocycles. The average molecular weight is 466 g/mol. The number of likely N-dealkylation sites (N-methyl/N-ethyl adjacent to an activating group) is 1. The lowest BCUT2D eigenvalue weighted by Crippen LogP contribution is -2.37.